The quantitative estimate of drug-likeness (QED) is 0.579. The number of sulfonamides is 2. The minimum atomic E-state index is -3.70. The van der Waals surface area contributed by atoms with Crippen LogP contribution in [-0.2, 0) is 20.0 Å². The minimum absolute atomic E-state index is 0.0123. The fraction of sp³-hybridized carbons (Fsp3) is 0.316. The van der Waals surface area contributed by atoms with Gasteiger partial charge in [0, 0.05) is 24.2 Å². The Labute approximate surface area is 165 Å². The number of hydrogen-bond acceptors (Lipinski definition) is 5. The van der Waals surface area contributed by atoms with Gasteiger partial charge in [-0.3, -0.25) is 4.79 Å². The number of fused-ring (bicyclic) bond motifs is 3. The van der Waals surface area contributed by atoms with Crippen LogP contribution in [0.15, 0.2) is 46.2 Å². The lowest BCUT2D eigenvalue weighted by molar-refractivity contribution is 0.104. The van der Waals surface area contributed by atoms with Gasteiger partial charge in [-0.25, -0.2) is 26.3 Å². The third-order valence-corrected chi connectivity index (χ3v) is 7.38. The van der Waals surface area contributed by atoms with Crippen LogP contribution in [-0.4, -0.2) is 35.7 Å². The topological polar surface area (TPSA) is 109 Å². The van der Waals surface area contributed by atoms with Crippen molar-refractivity contribution in [2.75, 3.05) is 13.1 Å². The van der Waals surface area contributed by atoms with Gasteiger partial charge in [0.05, 0.1) is 9.79 Å². The number of rotatable bonds is 8. The number of hydrogen-bond donors (Lipinski definition) is 2. The van der Waals surface area contributed by atoms with Crippen LogP contribution >= 0.6 is 0 Å². The maximum Gasteiger partial charge on any atom is 0.240 e. The lowest BCUT2D eigenvalue weighted by atomic mass is 10.1. The Morgan fingerprint density at radius 2 is 1.07 bits per heavy atom. The van der Waals surface area contributed by atoms with Crippen molar-refractivity contribution < 1.29 is 21.6 Å². The van der Waals surface area contributed by atoms with E-state index >= 15 is 0 Å². The molecule has 28 heavy (non-hydrogen) atoms. The first-order valence-electron chi connectivity index (χ1n) is 9.03. The van der Waals surface area contributed by atoms with Gasteiger partial charge in [0.1, 0.15) is 0 Å². The highest BCUT2D eigenvalue weighted by atomic mass is 32.2. The molecule has 1 aliphatic carbocycles. The third-order valence-electron chi connectivity index (χ3n) is 4.47. The summed E-state index contributed by atoms with van der Waals surface area (Å²) in [6, 6.07) is 8.77. The number of carbonyl (C=O) groups excluding carboxylic acids is 1. The highest BCUT2D eigenvalue weighted by molar-refractivity contribution is 7.89. The van der Waals surface area contributed by atoms with Gasteiger partial charge in [-0.2, -0.15) is 0 Å². The Kier molecular flexibility index (Phi) is 5.72. The van der Waals surface area contributed by atoms with Crippen LogP contribution < -0.4 is 9.44 Å². The summed E-state index contributed by atoms with van der Waals surface area (Å²) in [6.07, 6.45) is 1.30. The first kappa shape index (κ1) is 20.7. The van der Waals surface area contributed by atoms with Crippen LogP contribution in [0.2, 0.25) is 0 Å². The van der Waals surface area contributed by atoms with Gasteiger partial charge in [0.15, 0.2) is 5.78 Å². The van der Waals surface area contributed by atoms with Gasteiger partial charge in [-0.15, -0.1) is 0 Å². The summed E-state index contributed by atoms with van der Waals surface area (Å²) in [7, 11) is -7.41. The minimum Gasteiger partial charge on any atom is -0.289 e. The molecule has 0 fully saturated rings. The monoisotopic (exact) mass is 422 g/mol. The molecular formula is C19H22N2O5S2. The van der Waals surface area contributed by atoms with Gasteiger partial charge in [-0.1, -0.05) is 26.0 Å². The normalized spacial score (nSPS) is 13.4. The van der Waals surface area contributed by atoms with E-state index in [0.29, 0.717) is 37.1 Å². The maximum atomic E-state index is 12.8. The summed E-state index contributed by atoms with van der Waals surface area (Å²) in [4.78, 5) is 12.9. The van der Waals surface area contributed by atoms with Crippen molar-refractivity contribution in [2.24, 2.45) is 0 Å². The molecule has 2 aromatic rings. The molecule has 3 rings (SSSR count). The van der Waals surface area contributed by atoms with E-state index < -0.39 is 20.0 Å². The Balaban J connectivity index is 2.01. The molecule has 1 aliphatic rings. The highest BCUT2D eigenvalue weighted by Crippen LogP contribution is 2.38. The summed E-state index contributed by atoms with van der Waals surface area (Å²) in [5.41, 5.74) is 1.70. The van der Waals surface area contributed by atoms with Crippen LogP contribution in [0.25, 0.3) is 11.1 Å². The average molecular weight is 423 g/mol. The molecule has 0 unspecified atom stereocenters. The van der Waals surface area contributed by atoms with E-state index in [0.717, 1.165) is 0 Å². The molecule has 0 radical (unpaired) electrons. The lowest BCUT2D eigenvalue weighted by Crippen LogP contribution is -2.24. The van der Waals surface area contributed by atoms with Crippen molar-refractivity contribution >= 4 is 25.8 Å². The summed E-state index contributed by atoms with van der Waals surface area (Å²) in [5, 5.41) is 0. The predicted molar refractivity (Wildman–Crippen MR) is 106 cm³/mol. The van der Waals surface area contributed by atoms with E-state index in [1.807, 2.05) is 13.8 Å². The van der Waals surface area contributed by atoms with Crippen molar-refractivity contribution in [3.05, 3.63) is 47.5 Å². The van der Waals surface area contributed by atoms with E-state index in [2.05, 4.69) is 9.44 Å². The van der Waals surface area contributed by atoms with Crippen molar-refractivity contribution in [2.45, 2.75) is 36.5 Å². The Morgan fingerprint density at radius 3 is 1.43 bits per heavy atom. The van der Waals surface area contributed by atoms with Crippen LogP contribution in [0.5, 0.6) is 0 Å². The lowest BCUT2D eigenvalue weighted by Gasteiger charge is -2.08. The fourth-order valence-corrected chi connectivity index (χ4v) is 5.33. The van der Waals surface area contributed by atoms with Crippen molar-refractivity contribution in [1.29, 1.82) is 0 Å². The smallest absolute Gasteiger partial charge is 0.240 e. The van der Waals surface area contributed by atoms with Gasteiger partial charge in [-0.05, 0) is 48.2 Å². The molecule has 0 aromatic heterocycles. The van der Waals surface area contributed by atoms with Gasteiger partial charge in [0.2, 0.25) is 20.0 Å². The Bertz CT molecular complexity index is 1050. The zero-order valence-corrected chi connectivity index (χ0v) is 17.3. The molecule has 9 heteroatoms. The van der Waals surface area contributed by atoms with Crippen LogP contribution in [0.4, 0.5) is 0 Å². The standard InChI is InChI=1S/C19H22N2O5S2/c1-3-9-20-27(23,24)13-5-7-15-16-8-6-14(28(25,26)21-10-4-2)12-18(16)19(22)17(15)11-13/h5-8,11-12,20-21H,3-4,9-10H2,1-2H3. The van der Waals surface area contributed by atoms with E-state index in [9.17, 15) is 21.6 Å². The zero-order chi connectivity index (χ0) is 20.5. The molecule has 150 valence electrons. The number of benzene rings is 2. The average Bonchev–Trinajstić information content (AvgIpc) is 2.96. The molecule has 0 saturated heterocycles. The van der Waals surface area contributed by atoms with E-state index in [1.54, 1.807) is 12.1 Å². The first-order chi connectivity index (χ1) is 13.2. The molecule has 0 aliphatic heterocycles. The highest BCUT2D eigenvalue weighted by Gasteiger charge is 2.30. The second-order valence-electron chi connectivity index (χ2n) is 6.54. The molecule has 2 N–H and O–H groups in total. The summed E-state index contributed by atoms with van der Waals surface area (Å²) in [5.74, 6) is -0.384. The Hall–Kier alpha value is -2.07. The van der Waals surface area contributed by atoms with E-state index in [-0.39, 0.29) is 26.7 Å². The summed E-state index contributed by atoms with van der Waals surface area (Å²) >= 11 is 0. The number of ketones is 1. The Morgan fingerprint density at radius 1 is 0.679 bits per heavy atom. The van der Waals surface area contributed by atoms with Crippen molar-refractivity contribution in [3.8, 4) is 11.1 Å². The van der Waals surface area contributed by atoms with E-state index in [4.69, 9.17) is 0 Å². The predicted octanol–water partition coefficient (Wildman–Crippen LogP) is 2.27. The molecule has 2 aromatic carbocycles. The summed E-state index contributed by atoms with van der Waals surface area (Å²) < 4.78 is 54.3. The van der Waals surface area contributed by atoms with Crippen LogP contribution in [0, 0.1) is 0 Å². The number of nitrogens with one attached hydrogen (secondary N) is 2. The zero-order valence-electron chi connectivity index (χ0n) is 15.7. The molecule has 0 saturated carbocycles. The van der Waals surface area contributed by atoms with Crippen LogP contribution in [0.3, 0.4) is 0 Å². The van der Waals surface area contributed by atoms with Gasteiger partial charge in [0.25, 0.3) is 0 Å². The molecule has 0 amide bonds. The second kappa shape index (κ2) is 7.75. The fourth-order valence-electron chi connectivity index (χ4n) is 3.01. The summed E-state index contributed by atoms with van der Waals surface area (Å²) in [6.45, 7) is 4.32. The second-order valence-corrected chi connectivity index (χ2v) is 10.1. The molecule has 0 heterocycles. The number of carbonyl (C=O) groups is 1. The molecule has 0 atom stereocenters. The largest absolute Gasteiger partial charge is 0.289 e. The first-order valence-corrected chi connectivity index (χ1v) is 12.0. The van der Waals surface area contributed by atoms with E-state index in [1.165, 1.54) is 24.3 Å². The molecule has 0 bridgehead atoms. The van der Waals surface area contributed by atoms with Gasteiger partial charge >= 0.3 is 0 Å². The third kappa shape index (κ3) is 3.75. The van der Waals surface area contributed by atoms with Crippen LogP contribution in [0.1, 0.15) is 42.6 Å². The van der Waals surface area contributed by atoms with Crippen molar-refractivity contribution in [1.82, 2.24) is 9.44 Å². The maximum absolute atomic E-state index is 12.8. The van der Waals surface area contributed by atoms with Gasteiger partial charge < -0.3 is 0 Å². The van der Waals surface area contributed by atoms with Crippen molar-refractivity contribution in [3.63, 3.8) is 0 Å². The molecular weight excluding hydrogens is 400 g/mol. The molecule has 0 spiro atoms. The molecule has 7 nitrogen and oxygen atoms in total. The SMILES string of the molecule is CCCNS(=O)(=O)c1ccc2c(c1)C(=O)c1cc(S(=O)(=O)NCCC)ccc1-2.